The molecule has 12 heteroatoms. The summed E-state index contributed by atoms with van der Waals surface area (Å²) < 4.78 is 5.27. The number of carbonyl (C=O) groups excluding carboxylic acids is 4. The predicted molar refractivity (Wildman–Crippen MR) is 160 cm³/mol. The van der Waals surface area contributed by atoms with Crippen LogP contribution in [-0.4, -0.2) is 74.4 Å². The summed E-state index contributed by atoms with van der Waals surface area (Å²) in [6.07, 6.45) is 1.60. The molecule has 6 rings (SSSR count). The number of ketones is 2. The first-order valence-electron chi connectivity index (χ1n) is 14.3. The smallest absolute Gasteiger partial charge is 0.255 e. The van der Waals surface area contributed by atoms with Gasteiger partial charge in [0, 0.05) is 17.1 Å². The highest BCUT2D eigenvalue weighted by Crippen LogP contribution is 2.53. The minimum atomic E-state index is -2.71. The first-order valence-corrected chi connectivity index (χ1v) is 14.3. The van der Waals surface area contributed by atoms with Crippen LogP contribution < -0.4 is 11.1 Å². The van der Waals surface area contributed by atoms with Gasteiger partial charge in [-0.3, -0.25) is 24.1 Å². The van der Waals surface area contributed by atoms with Crippen LogP contribution in [0.1, 0.15) is 33.7 Å². The van der Waals surface area contributed by atoms with Crippen LogP contribution in [0.5, 0.6) is 5.75 Å². The number of nitrogens with two attached hydrogens (primary N) is 1. The Morgan fingerprint density at radius 3 is 2.51 bits per heavy atom. The third-order valence-electron chi connectivity index (χ3n) is 9.04. The summed E-state index contributed by atoms with van der Waals surface area (Å²) in [7, 11) is 3.09. The number of hydrogen-bond donors (Lipinski definition) is 6. The normalized spacial score (nSPS) is 24.3. The maximum Gasteiger partial charge on any atom is 0.255 e. The zero-order valence-electron chi connectivity index (χ0n) is 24.4. The number of aliphatic hydroxyl groups excluding tert-OH is 2. The lowest BCUT2D eigenvalue weighted by Gasteiger charge is -2.50. The lowest BCUT2D eigenvalue weighted by molar-refractivity contribution is -0.153. The van der Waals surface area contributed by atoms with E-state index in [0.717, 1.165) is 0 Å². The van der Waals surface area contributed by atoms with Crippen LogP contribution in [0.2, 0.25) is 0 Å². The second kappa shape index (κ2) is 10.8. The number of rotatable bonds is 6. The van der Waals surface area contributed by atoms with Gasteiger partial charge in [0.15, 0.2) is 11.4 Å². The van der Waals surface area contributed by atoms with E-state index < -0.39 is 58.0 Å². The van der Waals surface area contributed by atoms with Crippen LogP contribution in [0.4, 0.5) is 0 Å². The van der Waals surface area contributed by atoms with Crippen molar-refractivity contribution >= 4 is 29.1 Å². The molecule has 3 aromatic rings. The average molecular weight is 614 g/mol. The Hall–Kier alpha value is -5.20. The van der Waals surface area contributed by atoms with E-state index in [0.29, 0.717) is 28.0 Å². The highest BCUT2D eigenvalue weighted by molar-refractivity contribution is 6.24. The van der Waals surface area contributed by atoms with Gasteiger partial charge in [-0.05, 0) is 79.9 Å². The summed E-state index contributed by atoms with van der Waals surface area (Å²) in [5, 5.41) is 48.0. The Balaban J connectivity index is 1.44. The van der Waals surface area contributed by atoms with Gasteiger partial charge in [0.25, 0.3) is 11.8 Å². The van der Waals surface area contributed by atoms with E-state index in [4.69, 9.17) is 10.2 Å². The number of Topliss-reactive ketones (excluding diaryl/α,β-unsaturated/α-hetero) is 2. The van der Waals surface area contributed by atoms with Gasteiger partial charge >= 0.3 is 0 Å². The molecule has 1 fully saturated rings. The lowest BCUT2D eigenvalue weighted by Crippen LogP contribution is -2.65. The Labute approximate surface area is 257 Å². The van der Waals surface area contributed by atoms with Crippen molar-refractivity contribution in [2.75, 3.05) is 14.1 Å². The predicted octanol–water partition coefficient (Wildman–Crippen LogP) is 2.15. The first-order chi connectivity index (χ1) is 21.4. The zero-order valence-corrected chi connectivity index (χ0v) is 24.4. The van der Waals surface area contributed by atoms with Crippen molar-refractivity contribution < 1.29 is 44.0 Å². The molecule has 0 saturated heterocycles. The van der Waals surface area contributed by atoms with Gasteiger partial charge in [-0.2, -0.15) is 0 Å². The van der Waals surface area contributed by atoms with E-state index in [1.165, 1.54) is 17.2 Å². The fraction of sp³-hybridized carbons (Fsp3) is 0.273. The number of phenols is 1. The number of benzene rings is 2. The number of aliphatic hydroxyl groups is 3. The van der Waals surface area contributed by atoms with Crippen LogP contribution in [0.25, 0.3) is 16.9 Å². The van der Waals surface area contributed by atoms with Gasteiger partial charge in [0.1, 0.15) is 28.6 Å². The van der Waals surface area contributed by atoms with Crippen molar-refractivity contribution in [3.8, 4) is 16.9 Å². The first kappa shape index (κ1) is 29.9. The monoisotopic (exact) mass is 613 g/mol. The molecule has 3 aliphatic carbocycles. The molecule has 1 aromatic heterocycles. The SMILES string of the molecule is CN(C)[C@@H]1C(=O)C(C(N)=O)=C(O)[C@@]2(O)C(=O)C3=C(O)c4c(O)ccc(-c5cccc(C(=O)NCc6ccco6)c5)c4C[C@H]3C[C@@H]12. The van der Waals surface area contributed by atoms with Gasteiger partial charge in [-0.15, -0.1) is 0 Å². The maximum atomic E-state index is 14.0. The quantitative estimate of drug-likeness (QED) is 0.224. The third-order valence-corrected chi connectivity index (χ3v) is 9.04. The van der Waals surface area contributed by atoms with Gasteiger partial charge in [0.05, 0.1) is 24.4 Å². The van der Waals surface area contributed by atoms with Crippen LogP contribution >= 0.6 is 0 Å². The summed E-state index contributed by atoms with van der Waals surface area (Å²) in [5.74, 6) is -6.91. The fourth-order valence-corrected chi connectivity index (χ4v) is 7.03. The number of aromatic hydroxyl groups is 1. The Morgan fingerprint density at radius 1 is 1.09 bits per heavy atom. The number of likely N-dealkylation sites (N-methyl/N-ethyl adjacent to an activating group) is 1. The molecule has 3 aliphatic rings. The standard InChI is InChI=1S/C33H31N3O9/c1-36(2)26-21-13-17-12-20-19(15-5-3-6-16(11-15)32(43)35-14-18-7-4-10-45-18)8-9-22(37)24(20)27(38)23(17)29(40)33(21,44)30(41)25(28(26)39)31(34)42/h3-11,17,21,26,37-38,41,44H,12-14H2,1-2H3,(H2,34,42)(H,35,43)/t17-,21-,26-,33-/m0/s1. The number of amides is 2. The van der Waals surface area contributed by atoms with E-state index in [2.05, 4.69) is 5.32 Å². The molecule has 7 N–H and O–H groups in total. The van der Waals surface area contributed by atoms with Crippen molar-refractivity contribution in [2.45, 2.75) is 31.0 Å². The number of nitrogens with zero attached hydrogens (tertiary/aromatic N) is 1. The average Bonchev–Trinajstić information content (AvgIpc) is 3.51. The number of nitrogens with one attached hydrogen (secondary N) is 1. The number of phenolic OH excluding ortho intramolecular Hbond substituents is 1. The maximum absolute atomic E-state index is 14.0. The van der Waals surface area contributed by atoms with E-state index in [1.54, 1.807) is 56.6 Å². The Morgan fingerprint density at radius 2 is 1.84 bits per heavy atom. The van der Waals surface area contributed by atoms with Gasteiger partial charge in [0.2, 0.25) is 5.78 Å². The number of furan rings is 1. The van der Waals surface area contributed by atoms with Crippen LogP contribution in [-0.2, 0) is 27.3 Å². The van der Waals surface area contributed by atoms with Crippen molar-refractivity contribution in [1.29, 1.82) is 0 Å². The number of fused-ring (bicyclic) bond motifs is 3. The molecule has 4 atom stereocenters. The highest BCUT2D eigenvalue weighted by Gasteiger charge is 2.64. The Kier molecular flexibility index (Phi) is 7.13. The van der Waals surface area contributed by atoms with Gasteiger partial charge < -0.3 is 35.9 Å². The van der Waals surface area contributed by atoms with E-state index in [1.807, 2.05) is 0 Å². The zero-order chi connectivity index (χ0) is 32.4. The molecule has 1 heterocycles. The second-order valence-electron chi connectivity index (χ2n) is 11.8. The summed E-state index contributed by atoms with van der Waals surface area (Å²) in [4.78, 5) is 53.9. The molecule has 232 valence electrons. The summed E-state index contributed by atoms with van der Waals surface area (Å²) >= 11 is 0. The van der Waals surface area contributed by atoms with Crippen molar-refractivity contribution in [3.63, 3.8) is 0 Å². The number of carbonyl (C=O) groups is 4. The molecule has 2 amide bonds. The topological polar surface area (TPSA) is 204 Å². The molecule has 0 spiro atoms. The van der Waals surface area contributed by atoms with E-state index in [9.17, 15) is 39.6 Å². The molecule has 0 unspecified atom stereocenters. The molecular weight excluding hydrogens is 582 g/mol. The minimum absolute atomic E-state index is 0.0311. The number of primary amides is 1. The van der Waals surface area contributed by atoms with Gasteiger partial charge in [-0.25, -0.2) is 0 Å². The molecule has 12 nitrogen and oxygen atoms in total. The highest BCUT2D eigenvalue weighted by atomic mass is 16.3. The molecule has 0 radical (unpaired) electrons. The Bertz CT molecular complexity index is 1840. The molecule has 1 saturated carbocycles. The minimum Gasteiger partial charge on any atom is -0.508 e. The van der Waals surface area contributed by atoms with Crippen LogP contribution in [0.15, 0.2) is 76.1 Å². The largest absolute Gasteiger partial charge is 0.508 e. The number of hydrogen-bond acceptors (Lipinski definition) is 10. The summed E-state index contributed by atoms with van der Waals surface area (Å²) in [6, 6.07) is 12.1. The van der Waals surface area contributed by atoms with Gasteiger partial charge in [-0.1, -0.05) is 18.2 Å². The van der Waals surface area contributed by atoms with Crippen molar-refractivity contribution in [2.24, 2.45) is 17.6 Å². The van der Waals surface area contributed by atoms with Crippen LogP contribution in [0, 0.1) is 11.8 Å². The molecule has 45 heavy (non-hydrogen) atoms. The van der Waals surface area contributed by atoms with Crippen molar-refractivity contribution in [1.82, 2.24) is 10.2 Å². The molecule has 0 aliphatic heterocycles. The van der Waals surface area contributed by atoms with Crippen LogP contribution in [0.3, 0.4) is 0 Å². The van der Waals surface area contributed by atoms with Crippen molar-refractivity contribution in [3.05, 3.63) is 94.2 Å². The van der Waals surface area contributed by atoms with E-state index >= 15 is 0 Å². The van der Waals surface area contributed by atoms with E-state index in [-0.39, 0.29) is 42.2 Å². The lowest BCUT2D eigenvalue weighted by atomic mass is 9.57. The molecule has 0 bridgehead atoms. The fourth-order valence-electron chi connectivity index (χ4n) is 7.03. The summed E-state index contributed by atoms with van der Waals surface area (Å²) in [6.45, 7) is 0.192. The molecular formula is C33H31N3O9. The second-order valence-corrected chi connectivity index (χ2v) is 11.8. The molecule has 2 aromatic carbocycles. The summed E-state index contributed by atoms with van der Waals surface area (Å²) in [5.41, 5.74) is 3.58. The third kappa shape index (κ3) is 4.52.